The second-order valence-corrected chi connectivity index (χ2v) is 7.94. The minimum Gasteiger partial charge on any atom is -0.486 e. The molecular formula is C25H29N2O3+. The SMILES string of the molecule is CCCc1cc[n+](CC(=O)c2cc(C)n(C[C@@H]3COc4ccccc4O3)c2C)cc1. The normalized spacial score (nSPS) is 15.2. The average Bonchev–Trinajstić information content (AvgIpc) is 3.03. The second kappa shape index (κ2) is 8.74. The van der Waals surface area contributed by atoms with Gasteiger partial charge in [0.2, 0.25) is 12.3 Å². The zero-order chi connectivity index (χ0) is 21.1. The molecule has 0 aliphatic carbocycles. The van der Waals surface area contributed by atoms with Crippen LogP contribution >= 0.6 is 0 Å². The molecule has 1 atom stereocenters. The quantitative estimate of drug-likeness (QED) is 0.440. The van der Waals surface area contributed by atoms with Gasteiger partial charge in [0.15, 0.2) is 30.0 Å². The smallest absolute Gasteiger partial charge is 0.229 e. The molecule has 30 heavy (non-hydrogen) atoms. The van der Waals surface area contributed by atoms with E-state index in [-0.39, 0.29) is 11.9 Å². The Labute approximate surface area is 177 Å². The molecule has 3 heterocycles. The summed E-state index contributed by atoms with van der Waals surface area (Å²) in [7, 11) is 0. The van der Waals surface area contributed by atoms with Crippen molar-refractivity contribution in [2.45, 2.75) is 52.8 Å². The maximum atomic E-state index is 13.0. The third-order valence-electron chi connectivity index (χ3n) is 5.65. The second-order valence-electron chi connectivity index (χ2n) is 7.94. The fourth-order valence-electron chi connectivity index (χ4n) is 4.02. The summed E-state index contributed by atoms with van der Waals surface area (Å²) in [5.74, 6) is 1.68. The summed E-state index contributed by atoms with van der Waals surface area (Å²) >= 11 is 0. The Morgan fingerprint density at radius 3 is 2.60 bits per heavy atom. The molecule has 0 spiro atoms. The Kier molecular flexibility index (Phi) is 5.88. The monoisotopic (exact) mass is 405 g/mol. The third kappa shape index (κ3) is 4.25. The molecule has 0 bridgehead atoms. The molecule has 0 amide bonds. The Morgan fingerprint density at radius 2 is 1.87 bits per heavy atom. The van der Waals surface area contributed by atoms with Crippen molar-refractivity contribution >= 4 is 5.78 Å². The predicted octanol–water partition coefficient (Wildman–Crippen LogP) is 4.07. The summed E-state index contributed by atoms with van der Waals surface area (Å²) in [6, 6.07) is 13.9. The number of aryl methyl sites for hydroxylation is 2. The number of carbonyl (C=O) groups excluding carboxylic acids is 1. The topological polar surface area (TPSA) is 44.3 Å². The Morgan fingerprint density at radius 1 is 1.13 bits per heavy atom. The third-order valence-corrected chi connectivity index (χ3v) is 5.65. The lowest BCUT2D eigenvalue weighted by Gasteiger charge is -2.27. The van der Waals surface area contributed by atoms with E-state index in [2.05, 4.69) is 23.6 Å². The van der Waals surface area contributed by atoms with Crippen molar-refractivity contribution in [1.29, 1.82) is 0 Å². The van der Waals surface area contributed by atoms with Gasteiger partial charge < -0.3 is 14.0 Å². The van der Waals surface area contributed by atoms with Gasteiger partial charge in [-0.25, -0.2) is 0 Å². The number of rotatable bonds is 7. The van der Waals surface area contributed by atoms with Crippen molar-refractivity contribution in [3.05, 3.63) is 77.4 Å². The summed E-state index contributed by atoms with van der Waals surface area (Å²) in [5.41, 5.74) is 4.11. The van der Waals surface area contributed by atoms with E-state index in [1.165, 1.54) is 5.56 Å². The first-order valence-corrected chi connectivity index (χ1v) is 10.6. The molecule has 4 rings (SSSR count). The van der Waals surface area contributed by atoms with Crippen molar-refractivity contribution in [3.63, 3.8) is 0 Å². The van der Waals surface area contributed by atoms with Gasteiger partial charge in [0.1, 0.15) is 6.61 Å². The molecule has 1 aliphatic heterocycles. The van der Waals surface area contributed by atoms with Crippen LogP contribution < -0.4 is 14.0 Å². The summed E-state index contributed by atoms with van der Waals surface area (Å²) in [5, 5.41) is 0. The van der Waals surface area contributed by atoms with Crippen LogP contribution in [-0.2, 0) is 19.5 Å². The zero-order valence-electron chi connectivity index (χ0n) is 17.9. The number of hydrogen-bond donors (Lipinski definition) is 0. The molecule has 0 N–H and O–H groups in total. The zero-order valence-corrected chi connectivity index (χ0v) is 17.9. The molecule has 1 aliphatic rings. The average molecular weight is 406 g/mol. The van der Waals surface area contributed by atoms with Crippen LogP contribution in [0.4, 0.5) is 0 Å². The summed E-state index contributed by atoms with van der Waals surface area (Å²) in [6.07, 6.45) is 6.08. The minimum atomic E-state index is -0.0897. The lowest BCUT2D eigenvalue weighted by molar-refractivity contribution is -0.683. The highest BCUT2D eigenvalue weighted by Crippen LogP contribution is 2.31. The molecule has 0 radical (unpaired) electrons. The van der Waals surface area contributed by atoms with Crippen LogP contribution in [0.25, 0.3) is 0 Å². The van der Waals surface area contributed by atoms with E-state index in [1.54, 1.807) is 0 Å². The van der Waals surface area contributed by atoms with Crippen LogP contribution in [0, 0.1) is 13.8 Å². The van der Waals surface area contributed by atoms with Gasteiger partial charge in [-0.2, -0.15) is 4.57 Å². The summed E-state index contributed by atoms with van der Waals surface area (Å²) in [6.45, 7) is 7.70. The first-order valence-electron chi connectivity index (χ1n) is 10.6. The Balaban J connectivity index is 1.46. The van der Waals surface area contributed by atoms with Crippen LogP contribution in [0.3, 0.4) is 0 Å². The van der Waals surface area contributed by atoms with Crippen molar-refractivity contribution in [1.82, 2.24) is 4.57 Å². The van der Waals surface area contributed by atoms with E-state index in [0.29, 0.717) is 19.7 Å². The van der Waals surface area contributed by atoms with Crippen molar-refractivity contribution in [2.24, 2.45) is 0 Å². The predicted molar refractivity (Wildman–Crippen MR) is 115 cm³/mol. The first-order chi connectivity index (χ1) is 14.5. The van der Waals surface area contributed by atoms with E-state index in [1.807, 2.05) is 61.1 Å². The molecule has 5 heteroatoms. The molecule has 156 valence electrons. The van der Waals surface area contributed by atoms with E-state index in [9.17, 15) is 4.79 Å². The number of hydrogen-bond acceptors (Lipinski definition) is 3. The molecule has 0 unspecified atom stereocenters. The maximum Gasteiger partial charge on any atom is 0.229 e. The van der Waals surface area contributed by atoms with E-state index >= 15 is 0 Å². The minimum absolute atomic E-state index is 0.0897. The van der Waals surface area contributed by atoms with Crippen molar-refractivity contribution in [2.75, 3.05) is 6.61 Å². The van der Waals surface area contributed by atoms with Gasteiger partial charge in [-0.15, -0.1) is 0 Å². The number of ether oxygens (including phenoxy) is 2. The van der Waals surface area contributed by atoms with Gasteiger partial charge in [-0.1, -0.05) is 25.5 Å². The largest absolute Gasteiger partial charge is 0.486 e. The number of para-hydroxylation sites is 2. The molecule has 0 saturated carbocycles. The molecule has 2 aromatic heterocycles. The highest BCUT2D eigenvalue weighted by Gasteiger charge is 2.24. The van der Waals surface area contributed by atoms with Crippen LogP contribution in [0.1, 0.15) is 40.7 Å². The Bertz CT molecular complexity index is 1040. The highest BCUT2D eigenvalue weighted by molar-refractivity contribution is 5.96. The fourth-order valence-corrected chi connectivity index (χ4v) is 4.02. The summed E-state index contributed by atoms with van der Waals surface area (Å²) < 4.78 is 16.1. The van der Waals surface area contributed by atoms with Crippen LogP contribution in [-0.4, -0.2) is 23.1 Å². The molecule has 5 nitrogen and oxygen atoms in total. The number of benzene rings is 1. The lowest BCUT2D eigenvalue weighted by atomic mass is 10.1. The van der Waals surface area contributed by atoms with Crippen LogP contribution in [0.15, 0.2) is 54.9 Å². The number of pyridine rings is 1. The van der Waals surface area contributed by atoms with Crippen molar-refractivity contribution in [3.8, 4) is 11.5 Å². The van der Waals surface area contributed by atoms with E-state index in [0.717, 1.165) is 41.3 Å². The molecule has 0 saturated heterocycles. The van der Waals surface area contributed by atoms with Gasteiger partial charge in [0.25, 0.3) is 0 Å². The first kappa shape index (κ1) is 20.2. The summed E-state index contributed by atoms with van der Waals surface area (Å²) in [4.78, 5) is 13.0. The van der Waals surface area contributed by atoms with Crippen molar-refractivity contribution < 1.29 is 18.8 Å². The molecular weight excluding hydrogens is 376 g/mol. The number of aromatic nitrogens is 2. The van der Waals surface area contributed by atoms with E-state index < -0.39 is 0 Å². The van der Waals surface area contributed by atoms with E-state index in [4.69, 9.17) is 9.47 Å². The standard InChI is InChI=1S/C25H29N2O3/c1-4-7-20-10-12-26(13-11-20)16-23(28)22-14-18(2)27(19(22)3)15-21-17-29-24-8-5-6-9-25(24)30-21/h5-6,8-14,21H,4,7,15-17H2,1-3H3/q+1/t21-/m1/s1. The van der Waals surface area contributed by atoms with Gasteiger partial charge in [0, 0.05) is 29.1 Å². The number of fused-ring (bicyclic) bond motifs is 1. The number of carbonyl (C=O) groups is 1. The lowest BCUT2D eigenvalue weighted by Crippen LogP contribution is -2.37. The number of nitrogens with zero attached hydrogens (tertiary/aromatic N) is 2. The van der Waals surface area contributed by atoms with Crippen LogP contribution in [0.5, 0.6) is 11.5 Å². The fraction of sp³-hybridized carbons (Fsp3) is 0.360. The molecule has 3 aromatic rings. The van der Waals surface area contributed by atoms with Gasteiger partial charge >= 0.3 is 0 Å². The highest BCUT2D eigenvalue weighted by atomic mass is 16.6. The van der Waals surface area contributed by atoms with Gasteiger partial charge in [-0.3, -0.25) is 4.79 Å². The maximum absolute atomic E-state index is 13.0. The number of ketones is 1. The molecule has 0 fully saturated rings. The van der Waals surface area contributed by atoms with Gasteiger partial charge in [0.05, 0.1) is 6.54 Å². The Hall–Kier alpha value is -3.08. The van der Waals surface area contributed by atoms with Gasteiger partial charge in [-0.05, 0) is 44.0 Å². The number of Topliss-reactive ketones (excluding diaryl/α,β-unsaturated/α-hetero) is 1. The molecule has 1 aromatic carbocycles. The van der Waals surface area contributed by atoms with Crippen LogP contribution in [0.2, 0.25) is 0 Å².